The van der Waals surface area contributed by atoms with E-state index in [4.69, 9.17) is 4.74 Å². The van der Waals surface area contributed by atoms with Crippen LogP contribution in [0, 0.1) is 11.8 Å². The molecule has 5 nitrogen and oxygen atoms in total. The van der Waals surface area contributed by atoms with Crippen molar-refractivity contribution >= 4 is 22.4 Å². The van der Waals surface area contributed by atoms with Crippen LogP contribution in [0.15, 0.2) is 29.2 Å². The Morgan fingerprint density at radius 2 is 1.68 bits per heavy atom. The van der Waals surface area contributed by atoms with Crippen LogP contribution >= 0.6 is 12.4 Å². The highest BCUT2D eigenvalue weighted by atomic mass is 35.5. The Hall–Kier alpha value is -0.820. The van der Waals surface area contributed by atoms with Crippen molar-refractivity contribution < 1.29 is 13.2 Å². The van der Waals surface area contributed by atoms with Crippen LogP contribution in [0.3, 0.4) is 0 Å². The van der Waals surface area contributed by atoms with Crippen LogP contribution < -0.4 is 10.1 Å². The Balaban J connectivity index is 0.00000176. The molecule has 7 heteroatoms. The van der Waals surface area contributed by atoms with Crippen LogP contribution in [0.2, 0.25) is 0 Å². The summed E-state index contributed by atoms with van der Waals surface area (Å²) < 4.78 is 32.5. The maximum Gasteiger partial charge on any atom is 0.243 e. The van der Waals surface area contributed by atoms with Gasteiger partial charge in [0.2, 0.25) is 10.0 Å². The lowest BCUT2D eigenvalue weighted by Crippen LogP contribution is -2.31. The molecule has 1 aromatic carbocycles. The summed E-state index contributed by atoms with van der Waals surface area (Å²) in [5.74, 6) is 1.62. The number of hydrogen-bond acceptors (Lipinski definition) is 4. The van der Waals surface area contributed by atoms with E-state index in [9.17, 15) is 8.42 Å². The second-order valence-corrected chi connectivity index (χ2v) is 8.08. The van der Waals surface area contributed by atoms with Gasteiger partial charge in [0.25, 0.3) is 0 Å². The summed E-state index contributed by atoms with van der Waals surface area (Å²) in [6, 6.07) is 6.73. The minimum atomic E-state index is -3.38. The lowest BCUT2D eigenvalue weighted by molar-refractivity contribution is 0.242. The van der Waals surface area contributed by atoms with E-state index in [-0.39, 0.29) is 18.5 Å². The molecule has 22 heavy (non-hydrogen) atoms. The van der Waals surface area contributed by atoms with E-state index in [0.29, 0.717) is 35.6 Å². The zero-order chi connectivity index (χ0) is 15.0. The molecule has 2 aliphatic heterocycles. The van der Waals surface area contributed by atoms with Gasteiger partial charge in [-0.05, 0) is 63.0 Å². The van der Waals surface area contributed by atoms with Gasteiger partial charge in [0.05, 0.1) is 11.0 Å². The quantitative estimate of drug-likeness (QED) is 0.902. The van der Waals surface area contributed by atoms with Crippen LogP contribution in [-0.2, 0) is 10.0 Å². The normalized spacial score (nSPS) is 25.0. The van der Waals surface area contributed by atoms with Crippen LogP contribution in [-0.4, -0.2) is 45.0 Å². The van der Waals surface area contributed by atoms with E-state index in [0.717, 1.165) is 13.1 Å². The number of fused-ring (bicyclic) bond motifs is 1. The molecule has 0 aromatic heterocycles. The molecule has 2 saturated heterocycles. The number of ether oxygens (including phenoxy) is 1. The fourth-order valence-electron chi connectivity index (χ4n) is 3.12. The van der Waals surface area contributed by atoms with Crippen LogP contribution in [0.4, 0.5) is 0 Å². The molecule has 0 aliphatic carbocycles. The molecule has 3 rings (SSSR count). The topological polar surface area (TPSA) is 58.6 Å². The van der Waals surface area contributed by atoms with Gasteiger partial charge in [0.15, 0.2) is 0 Å². The number of rotatable bonds is 4. The highest BCUT2D eigenvalue weighted by molar-refractivity contribution is 7.89. The predicted octanol–water partition coefficient (Wildman–Crippen LogP) is 1.74. The lowest BCUT2D eigenvalue weighted by Gasteiger charge is -2.18. The Kier molecular flexibility index (Phi) is 5.37. The Morgan fingerprint density at radius 3 is 2.18 bits per heavy atom. The maximum absolute atomic E-state index is 12.7. The highest BCUT2D eigenvalue weighted by Crippen LogP contribution is 2.31. The number of hydrogen-bond donors (Lipinski definition) is 1. The van der Waals surface area contributed by atoms with E-state index in [1.165, 1.54) is 0 Å². The molecular weight excluding hydrogens is 324 g/mol. The molecule has 2 atom stereocenters. The summed E-state index contributed by atoms with van der Waals surface area (Å²) in [4.78, 5) is 0.353. The third-order valence-corrected chi connectivity index (χ3v) is 6.04. The molecule has 1 aromatic rings. The second kappa shape index (κ2) is 6.74. The molecule has 0 amide bonds. The monoisotopic (exact) mass is 346 g/mol. The van der Waals surface area contributed by atoms with E-state index < -0.39 is 10.0 Å². The van der Waals surface area contributed by atoms with Crippen LogP contribution in [0.5, 0.6) is 5.75 Å². The smallest absolute Gasteiger partial charge is 0.243 e. The zero-order valence-corrected chi connectivity index (χ0v) is 14.5. The van der Waals surface area contributed by atoms with Crippen molar-refractivity contribution in [2.45, 2.75) is 24.8 Å². The molecule has 0 saturated carbocycles. The SMILES string of the molecule is CC(C)Oc1ccc(S(=O)(=O)N2C[C@H]3CNC[C@H]3C2)cc1.Cl. The van der Waals surface area contributed by atoms with Gasteiger partial charge < -0.3 is 10.1 Å². The van der Waals surface area contributed by atoms with Gasteiger partial charge in [-0.15, -0.1) is 12.4 Å². The first-order valence-corrected chi connectivity index (χ1v) is 8.88. The van der Waals surface area contributed by atoms with Gasteiger partial charge in [0, 0.05) is 13.1 Å². The van der Waals surface area contributed by atoms with Gasteiger partial charge in [-0.2, -0.15) is 4.31 Å². The number of halogens is 1. The largest absolute Gasteiger partial charge is 0.491 e. The van der Waals surface area contributed by atoms with Crippen molar-refractivity contribution in [2.75, 3.05) is 26.2 Å². The average Bonchev–Trinajstić information content (AvgIpc) is 2.99. The zero-order valence-electron chi connectivity index (χ0n) is 12.9. The van der Waals surface area contributed by atoms with E-state index in [1.54, 1.807) is 28.6 Å². The van der Waals surface area contributed by atoms with E-state index >= 15 is 0 Å². The molecule has 124 valence electrons. The van der Waals surface area contributed by atoms with Crippen molar-refractivity contribution in [1.82, 2.24) is 9.62 Å². The molecule has 2 fully saturated rings. The van der Waals surface area contributed by atoms with Crippen LogP contribution in [0.25, 0.3) is 0 Å². The van der Waals surface area contributed by atoms with Crippen molar-refractivity contribution in [3.05, 3.63) is 24.3 Å². The molecule has 2 aliphatic rings. The third kappa shape index (κ3) is 3.40. The first-order valence-electron chi connectivity index (χ1n) is 7.44. The summed E-state index contributed by atoms with van der Waals surface area (Å²) in [6.07, 6.45) is 0.0814. The summed E-state index contributed by atoms with van der Waals surface area (Å²) in [7, 11) is -3.38. The minimum absolute atomic E-state index is 0. The number of nitrogens with one attached hydrogen (secondary N) is 1. The second-order valence-electron chi connectivity index (χ2n) is 6.14. The van der Waals surface area contributed by atoms with Crippen LogP contribution in [0.1, 0.15) is 13.8 Å². The van der Waals surface area contributed by atoms with Gasteiger partial charge in [-0.25, -0.2) is 8.42 Å². The molecule has 0 spiro atoms. The van der Waals surface area contributed by atoms with Crippen molar-refractivity contribution in [3.8, 4) is 5.75 Å². The highest BCUT2D eigenvalue weighted by Gasteiger charge is 2.41. The summed E-state index contributed by atoms with van der Waals surface area (Å²) in [5, 5.41) is 3.32. The molecule has 0 unspecified atom stereocenters. The average molecular weight is 347 g/mol. The summed E-state index contributed by atoms with van der Waals surface area (Å²) in [5.41, 5.74) is 0. The Morgan fingerprint density at radius 1 is 1.14 bits per heavy atom. The van der Waals surface area contributed by atoms with E-state index in [2.05, 4.69) is 5.32 Å². The van der Waals surface area contributed by atoms with Gasteiger partial charge in [0.1, 0.15) is 5.75 Å². The van der Waals surface area contributed by atoms with Crippen molar-refractivity contribution in [1.29, 1.82) is 0 Å². The fourth-order valence-corrected chi connectivity index (χ4v) is 4.67. The van der Waals surface area contributed by atoms with Gasteiger partial charge >= 0.3 is 0 Å². The van der Waals surface area contributed by atoms with E-state index in [1.807, 2.05) is 13.8 Å². The number of sulfonamides is 1. The maximum atomic E-state index is 12.7. The number of benzene rings is 1. The first-order chi connectivity index (χ1) is 9.96. The molecule has 1 N–H and O–H groups in total. The molecule has 2 heterocycles. The molecule has 0 radical (unpaired) electrons. The van der Waals surface area contributed by atoms with Gasteiger partial charge in [-0.1, -0.05) is 0 Å². The Bertz CT molecular complexity index is 592. The molecular formula is C15H23ClN2O3S. The third-order valence-electron chi connectivity index (χ3n) is 4.19. The first kappa shape index (κ1) is 17.5. The fraction of sp³-hybridized carbons (Fsp3) is 0.600. The summed E-state index contributed by atoms with van der Waals surface area (Å²) in [6.45, 7) is 7.01. The lowest BCUT2D eigenvalue weighted by atomic mass is 10.0. The van der Waals surface area contributed by atoms with Gasteiger partial charge in [-0.3, -0.25) is 0 Å². The van der Waals surface area contributed by atoms with Crippen molar-refractivity contribution in [3.63, 3.8) is 0 Å². The minimum Gasteiger partial charge on any atom is -0.491 e. The summed E-state index contributed by atoms with van der Waals surface area (Å²) >= 11 is 0. The number of nitrogens with zero attached hydrogens (tertiary/aromatic N) is 1. The molecule has 0 bridgehead atoms. The predicted molar refractivity (Wildman–Crippen MR) is 88.1 cm³/mol. The Labute approximate surface area is 138 Å². The van der Waals surface area contributed by atoms with Crippen molar-refractivity contribution in [2.24, 2.45) is 11.8 Å². The standard InChI is InChI=1S/C15H22N2O3S.ClH/c1-11(2)20-14-3-5-15(6-4-14)21(18,19)17-9-12-7-16-8-13(12)10-17;/h3-6,11-13,16H,7-10H2,1-2H3;1H/t12-,13+;.